The Morgan fingerprint density at radius 1 is 1.19 bits per heavy atom. The van der Waals surface area contributed by atoms with E-state index in [1.165, 1.54) is 23.1 Å². The summed E-state index contributed by atoms with van der Waals surface area (Å²) < 4.78 is 6.03. The number of rotatable bonds is 5. The van der Waals surface area contributed by atoms with E-state index >= 15 is 0 Å². The quantitative estimate of drug-likeness (QED) is 0.641. The second-order valence-electron chi connectivity index (χ2n) is 5.86. The first kappa shape index (κ1) is 14.6. The molecule has 0 aromatic heterocycles. The molecule has 2 aromatic rings. The molecule has 2 aromatic carbocycles. The SMILES string of the molecule is Cc1ccc2c(c1)CC(CCCC(Br)c1ccccc1)O2. The third-order valence-corrected chi connectivity index (χ3v) is 5.09. The van der Waals surface area contributed by atoms with Crippen LogP contribution in [0.1, 0.15) is 40.8 Å². The number of alkyl halides is 1. The molecule has 0 radical (unpaired) electrons. The summed E-state index contributed by atoms with van der Waals surface area (Å²) in [5, 5.41) is 0. The van der Waals surface area contributed by atoms with Crippen LogP contribution in [0.5, 0.6) is 5.75 Å². The second kappa shape index (κ2) is 6.65. The standard InChI is InChI=1S/C19H21BrO/c1-14-10-11-19-16(12-14)13-17(21-19)8-5-9-18(20)15-6-3-2-4-7-15/h2-4,6-7,10-12,17-18H,5,8-9,13H2,1H3. The van der Waals surface area contributed by atoms with Crippen molar-refractivity contribution in [1.29, 1.82) is 0 Å². The molecular formula is C19H21BrO. The van der Waals surface area contributed by atoms with Gasteiger partial charge in [0.2, 0.25) is 0 Å². The van der Waals surface area contributed by atoms with Gasteiger partial charge in [-0.1, -0.05) is 64.0 Å². The molecular weight excluding hydrogens is 324 g/mol. The van der Waals surface area contributed by atoms with Gasteiger partial charge in [0, 0.05) is 11.2 Å². The molecule has 0 saturated heterocycles. The first-order valence-electron chi connectivity index (χ1n) is 7.67. The van der Waals surface area contributed by atoms with Crippen LogP contribution in [-0.2, 0) is 6.42 Å². The Morgan fingerprint density at radius 2 is 2.00 bits per heavy atom. The van der Waals surface area contributed by atoms with Crippen molar-refractivity contribution in [2.75, 3.05) is 0 Å². The van der Waals surface area contributed by atoms with Crippen LogP contribution in [0, 0.1) is 6.92 Å². The second-order valence-corrected chi connectivity index (χ2v) is 6.97. The van der Waals surface area contributed by atoms with E-state index < -0.39 is 0 Å². The summed E-state index contributed by atoms with van der Waals surface area (Å²) in [6.07, 6.45) is 4.89. The normalized spacial score (nSPS) is 18.1. The highest BCUT2D eigenvalue weighted by atomic mass is 79.9. The summed E-state index contributed by atoms with van der Waals surface area (Å²) in [6, 6.07) is 17.1. The molecule has 0 saturated carbocycles. The molecule has 21 heavy (non-hydrogen) atoms. The van der Waals surface area contributed by atoms with Crippen molar-refractivity contribution in [2.45, 2.75) is 43.5 Å². The minimum absolute atomic E-state index is 0.359. The van der Waals surface area contributed by atoms with Gasteiger partial charge in [0.25, 0.3) is 0 Å². The zero-order valence-electron chi connectivity index (χ0n) is 12.4. The molecule has 3 rings (SSSR count). The van der Waals surface area contributed by atoms with Crippen LogP contribution >= 0.6 is 15.9 Å². The monoisotopic (exact) mass is 344 g/mol. The van der Waals surface area contributed by atoms with Crippen LogP contribution in [-0.4, -0.2) is 6.10 Å². The van der Waals surface area contributed by atoms with Gasteiger partial charge in [-0.05, 0) is 43.4 Å². The largest absolute Gasteiger partial charge is 0.490 e. The fourth-order valence-corrected chi connectivity index (χ4v) is 3.59. The molecule has 1 heterocycles. The van der Waals surface area contributed by atoms with Gasteiger partial charge in [0.15, 0.2) is 0 Å². The van der Waals surface area contributed by atoms with Crippen LogP contribution in [0.25, 0.3) is 0 Å². The molecule has 0 N–H and O–H groups in total. The van der Waals surface area contributed by atoms with Crippen LogP contribution in [0.4, 0.5) is 0 Å². The lowest BCUT2D eigenvalue weighted by molar-refractivity contribution is 0.217. The number of fused-ring (bicyclic) bond motifs is 1. The summed E-state index contributed by atoms with van der Waals surface area (Å²) >= 11 is 3.79. The van der Waals surface area contributed by atoms with Gasteiger partial charge in [-0.2, -0.15) is 0 Å². The zero-order valence-corrected chi connectivity index (χ0v) is 14.0. The molecule has 0 spiro atoms. The molecule has 2 heteroatoms. The van der Waals surface area contributed by atoms with Gasteiger partial charge < -0.3 is 4.74 Å². The zero-order chi connectivity index (χ0) is 14.7. The van der Waals surface area contributed by atoms with E-state index in [-0.39, 0.29) is 0 Å². The predicted molar refractivity (Wildman–Crippen MR) is 91.3 cm³/mol. The fraction of sp³-hybridized carbons (Fsp3) is 0.368. The average molecular weight is 345 g/mol. The molecule has 110 valence electrons. The van der Waals surface area contributed by atoms with Gasteiger partial charge >= 0.3 is 0 Å². The molecule has 1 nitrogen and oxygen atoms in total. The summed E-state index contributed by atoms with van der Waals surface area (Å²) in [6.45, 7) is 2.14. The maximum atomic E-state index is 6.03. The molecule has 1 aliphatic heterocycles. The van der Waals surface area contributed by atoms with Gasteiger partial charge in [-0.3, -0.25) is 0 Å². The van der Waals surface area contributed by atoms with Gasteiger partial charge in [-0.25, -0.2) is 0 Å². The third kappa shape index (κ3) is 3.68. The minimum Gasteiger partial charge on any atom is -0.490 e. The Labute approximate surface area is 135 Å². The van der Waals surface area contributed by atoms with Crippen molar-refractivity contribution in [3.05, 3.63) is 65.2 Å². The first-order chi connectivity index (χ1) is 10.2. The molecule has 0 amide bonds. The summed E-state index contributed by atoms with van der Waals surface area (Å²) in [5.41, 5.74) is 4.06. The van der Waals surface area contributed by atoms with Crippen molar-refractivity contribution in [3.8, 4) is 5.75 Å². The number of hydrogen-bond donors (Lipinski definition) is 0. The number of benzene rings is 2. The van der Waals surface area contributed by atoms with E-state index in [1.54, 1.807) is 0 Å². The number of halogens is 1. The topological polar surface area (TPSA) is 9.23 Å². The van der Waals surface area contributed by atoms with Crippen molar-refractivity contribution < 1.29 is 4.74 Å². The Balaban J connectivity index is 1.47. The molecule has 0 fully saturated rings. The molecule has 2 atom stereocenters. The van der Waals surface area contributed by atoms with E-state index in [4.69, 9.17) is 4.74 Å². The minimum atomic E-state index is 0.359. The lowest BCUT2D eigenvalue weighted by Crippen LogP contribution is -2.12. The Morgan fingerprint density at radius 3 is 2.81 bits per heavy atom. The summed E-state index contributed by atoms with van der Waals surface area (Å²) in [4.78, 5) is 0.449. The lowest BCUT2D eigenvalue weighted by Gasteiger charge is -2.13. The van der Waals surface area contributed by atoms with Crippen molar-refractivity contribution in [2.24, 2.45) is 0 Å². The smallest absolute Gasteiger partial charge is 0.123 e. The van der Waals surface area contributed by atoms with Crippen LogP contribution in [0.3, 0.4) is 0 Å². The molecule has 2 unspecified atom stereocenters. The fourth-order valence-electron chi connectivity index (χ4n) is 2.96. The molecule has 0 bridgehead atoms. The van der Waals surface area contributed by atoms with Crippen LogP contribution in [0.2, 0.25) is 0 Å². The molecule has 0 aliphatic carbocycles. The first-order valence-corrected chi connectivity index (χ1v) is 8.59. The number of aryl methyl sites for hydroxylation is 1. The van der Waals surface area contributed by atoms with Gasteiger partial charge in [0.1, 0.15) is 11.9 Å². The predicted octanol–water partition coefficient (Wildman–Crippen LogP) is 5.61. The van der Waals surface area contributed by atoms with E-state index in [2.05, 4.69) is 71.4 Å². The van der Waals surface area contributed by atoms with Crippen molar-refractivity contribution in [3.63, 3.8) is 0 Å². The Hall–Kier alpha value is -1.28. The summed E-state index contributed by atoms with van der Waals surface area (Å²) in [7, 11) is 0. The highest BCUT2D eigenvalue weighted by molar-refractivity contribution is 9.09. The van der Waals surface area contributed by atoms with Crippen molar-refractivity contribution in [1.82, 2.24) is 0 Å². The van der Waals surface area contributed by atoms with Gasteiger partial charge in [0.05, 0.1) is 0 Å². The van der Waals surface area contributed by atoms with Gasteiger partial charge in [-0.15, -0.1) is 0 Å². The van der Waals surface area contributed by atoms with E-state index in [1.807, 2.05) is 0 Å². The maximum Gasteiger partial charge on any atom is 0.123 e. The van der Waals surface area contributed by atoms with E-state index in [9.17, 15) is 0 Å². The summed E-state index contributed by atoms with van der Waals surface area (Å²) in [5.74, 6) is 1.09. The van der Waals surface area contributed by atoms with Crippen LogP contribution < -0.4 is 4.74 Å². The van der Waals surface area contributed by atoms with Crippen LogP contribution in [0.15, 0.2) is 48.5 Å². The highest BCUT2D eigenvalue weighted by Gasteiger charge is 2.22. The maximum absolute atomic E-state index is 6.03. The van der Waals surface area contributed by atoms with E-state index in [0.717, 1.165) is 25.0 Å². The van der Waals surface area contributed by atoms with E-state index in [0.29, 0.717) is 10.9 Å². The highest BCUT2D eigenvalue weighted by Crippen LogP contribution is 2.33. The Kier molecular flexibility index (Phi) is 4.64. The number of ether oxygens (including phenoxy) is 1. The Bertz CT molecular complexity index is 594. The lowest BCUT2D eigenvalue weighted by atomic mass is 10.0. The third-order valence-electron chi connectivity index (χ3n) is 4.10. The van der Waals surface area contributed by atoms with Crippen molar-refractivity contribution >= 4 is 15.9 Å². The molecule has 1 aliphatic rings. The average Bonchev–Trinajstić information content (AvgIpc) is 2.89. The number of hydrogen-bond acceptors (Lipinski definition) is 1.